The van der Waals surface area contributed by atoms with Crippen molar-refractivity contribution in [2.45, 2.75) is 37.8 Å². The maximum Gasteiger partial charge on any atom is 0.387 e. The van der Waals surface area contributed by atoms with E-state index in [1.54, 1.807) is 11.6 Å². The van der Waals surface area contributed by atoms with Crippen LogP contribution in [0.2, 0.25) is 0 Å². The summed E-state index contributed by atoms with van der Waals surface area (Å²) in [5.41, 5.74) is 3.47. The fraction of sp³-hybridized carbons (Fsp3) is 0.263. The van der Waals surface area contributed by atoms with E-state index in [2.05, 4.69) is 25.6 Å². The van der Waals surface area contributed by atoms with Gasteiger partial charge in [0, 0.05) is 5.69 Å². The molecule has 0 spiro atoms. The Kier molecular flexibility index (Phi) is 6.42. The smallest absolute Gasteiger partial charge is 0.387 e. The average molecular weight is 419 g/mol. The van der Waals surface area contributed by atoms with Crippen LogP contribution in [0, 0.1) is 13.8 Å². The van der Waals surface area contributed by atoms with Gasteiger partial charge in [0.05, 0.1) is 10.9 Å². The molecule has 0 bridgehead atoms. The van der Waals surface area contributed by atoms with E-state index < -0.39 is 11.9 Å². The Hall–Kier alpha value is -3.01. The zero-order valence-electron chi connectivity index (χ0n) is 16.0. The molecule has 7 nitrogen and oxygen atoms in total. The first kappa shape index (κ1) is 20.7. The van der Waals surface area contributed by atoms with Gasteiger partial charge in [0.15, 0.2) is 0 Å². The van der Waals surface area contributed by atoms with E-state index in [0.29, 0.717) is 10.8 Å². The lowest BCUT2D eigenvalue weighted by atomic mass is 10.1. The number of halogens is 2. The summed E-state index contributed by atoms with van der Waals surface area (Å²) in [7, 11) is 0. The Bertz CT molecular complexity index is 995. The first-order chi connectivity index (χ1) is 13.8. The number of hydrogen-bond acceptors (Lipinski definition) is 6. The molecule has 1 amide bonds. The summed E-state index contributed by atoms with van der Waals surface area (Å²) < 4.78 is 30.3. The van der Waals surface area contributed by atoms with Crippen LogP contribution in [0.5, 0.6) is 5.75 Å². The maximum atomic E-state index is 12.5. The monoisotopic (exact) mass is 419 g/mol. The van der Waals surface area contributed by atoms with Gasteiger partial charge in [-0.2, -0.15) is 13.5 Å². The Morgan fingerprint density at radius 2 is 1.90 bits per heavy atom. The highest BCUT2D eigenvalue weighted by Crippen LogP contribution is 2.26. The van der Waals surface area contributed by atoms with Crippen molar-refractivity contribution in [3.05, 3.63) is 53.6 Å². The summed E-state index contributed by atoms with van der Waals surface area (Å²) in [6, 6.07) is 11.5. The highest BCUT2D eigenvalue weighted by atomic mass is 32.2. The van der Waals surface area contributed by atoms with Crippen LogP contribution in [0.4, 0.5) is 14.5 Å². The van der Waals surface area contributed by atoms with Crippen molar-refractivity contribution in [2.75, 3.05) is 5.32 Å². The predicted octanol–water partition coefficient (Wildman–Crippen LogP) is 4.00. The Morgan fingerprint density at radius 3 is 2.59 bits per heavy atom. The molecule has 1 atom stereocenters. The fourth-order valence-corrected chi connectivity index (χ4v) is 3.34. The molecule has 0 fully saturated rings. The van der Waals surface area contributed by atoms with Gasteiger partial charge in [-0.3, -0.25) is 4.79 Å². The molecule has 3 aromatic rings. The molecule has 1 heterocycles. The Morgan fingerprint density at radius 1 is 1.17 bits per heavy atom. The molecule has 0 aliphatic carbocycles. The molecule has 29 heavy (non-hydrogen) atoms. The third kappa shape index (κ3) is 5.08. The van der Waals surface area contributed by atoms with Crippen LogP contribution in [0.3, 0.4) is 0 Å². The number of carbonyl (C=O) groups excluding carboxylic acids is 1. The van der Waals surface area contributed by atoms with Crippen molar-refractivity contribution >= 4 is 23.4 Å². The fourth-order valence-electron chi connectivity index (χ4n) is 2.54. The normalized spacial score (nSPS) is 12.1. The lowest BCUT2D eigenvalue weighted by molar-refractivity contribution is -0.115. The van der Waals surface area contributed by atoms with Crippen LogP contribution in [-0.4, -0.2) is 38.0 Å². The number of anilines is 1. The molecule has 0 saturated heterocycles. The van der Waals surface area contributed by atoms with E-state index in [1.807, 2.05) is 32.0 Å². The number of nitrogens with one attached hydrogen (secondary N) is 1. The van der Waals surface area contributed by atoms with Gasteiger partial charge in [-0.25, -0.2) is 0 Å². The number of aryl methyl sites for hydroxylation is 1. The summed E-state index contributed by atoms with van der Waals surface area (Å²) >= 11 is 1.22. The first-order valence-corrected chi connectivity index (χ1v) is 9.60. The van der Waals surface area contributed by atoms with Crippen molar-refractivity contribution in [1.82, 2.24) is 20.2 Å². The number of ether oxygens (including phenoxy) is 1. The second-order valence-corrected chi connectivity index (χ2v) is 7.55. The van der Waals surface area contributed by atoms with Gasteiger partial charge >= 0.3 is 6.61 Å². The zero-order valence-corrected chi connectivity index (χ0v) is 16.8. The Balaban J connectivity index is 1.68. The minimum Gasteiger partial charge on any atom is -0.435 e. The third-order valence-electron chi connectivity index (χ3n) is 4.24. The number of amides is 1. The molecule has 1 unspecified atom stereocenters. The number of rotatable bonds is 7. The molecule has 0 saturated carbocycles. The molecule has 0 aliphatic rings. The number of aromatic nitrogens is 4. The van der Waals surface area contributed by atoms with Gasteiger partial charge < -0.3 is 10.1 Å². The summed E-state index contributed by atoms with van der Waals surface area (Å²) in [5, 5.41) is 14.5. The number of tetrazole rings is 1. The van der Waals surface area contributed by atoms with Crippen molar-refractivity contribution in [2.24, 2.45) is 0 Å². The standard InChI is InChI=1S/C19H19F2N5O2S/c1-11-5-4-6-16(12(11)2)26-19(23-24-25-26)29-13(3)17(27)22-14-7-9-15(10-8-14)28-18(20)21/h4-10,13,18H,1-3H3,(H,22,27). The largest absolute Gasteiger partial charge is 0.435 e. The van der Waals surface area contributed by atoms with E-state index in [1.165, 1.54) is 36.0 Å². The second-order valence-electron chi connectivity index (χ2n) is 6.24. The molecule has 3 rings (SSSR count). The highest BCUT2D eigenvalue weighted by molar-refractivity contribution is 8.00. The van der Waals surface area contributed by atoms with Gasteiger partial charge in [-0.15, -0.1) is 5.10 Å². The Labute approximate surface area is 170 Å². The molecular weight excluding hydrogens is 400 g/mol. The number of nitrogens with zero attached hydrogens (tertiary/aromatic N) is 4. The summed E-state index contributed by atoms with van der Waals surface area (Å²) in [6.45, 7) is 2.83. The zero-order chi connectivity index (χ0) is 21.0. The molecule has 1 N–H and O–H groups in total. The van der Waals surface area contributed by atoms with E-state index in [-0.39, 0.29) is 11.7 Å². The van der Waals surface area contributed by atoms with E-state index in [4.69, 9.17) is 0 Å². The number of thioether (sulfide) groups is 1. The van der Waals surface area contributed by atoms with Crippen LogP contribution in [0.15, 0.2) is 47.6 Å². The molecule has 0 aliphatic heterocycles. The van der Waals surface area contributed by atoms with Crippen LogP contribution < -0.4 is 10.1 Å². The van der Waals surface area contributed by atoms with Crippen LogP contribution in [0.1, 0.15) is 18.1 Å². The lowest BCUT2D eigenvalue weighted by Gasteiger charge is -2.13. The van der Waals surface area contributed by atoms with Crippen molar-refractivity contribution in [1.29, 1.82) is 0 Å². The van der Waals surface area contributed by atoms with E-state index in [0.717, 1.165) is 16.8 Å². The molecular formula is C19H19F2N5O2S. The minimum absolute atomic E-state index is 0.0214. The highest BCUT2D eigenvalue weighted by Gasteiger charge is 2.20. The maximum absolute atomic E-state index is 12.5. The molecule has 10 heteroatoms. The lowest BCUT2D eigenvalue weighted by Crippen LogP contribution is -2.23. The van der Waals surface area contributed by atoms with Crippen molar-refractivity contribution in [3.63, 3.8) is 0 Å². The van der Waals surface area contributed by atoms with Gasteiger partial charge in [0.2, 0.25) is 11.1 Å². The molecule has 1 aromatic heterocycles. The van der Waals surface area contributed by atoms with Crippen molar-refractivity contribution < 1.29 is 18.3 Å². The van der Waals surface area contributed by atoms with Crippen LogP contribution in [0.25, 0.3) is 5.69 Å². The quantitative estimate of drug-likeness (QED) is 0.583. The van der Waals surface area contributed by atoms with E-state index in [9.17, 15) is 13.6 Å². The molecule has 0 radical (unpaired) electrons. The van der Waals surface area contributed by atoms with Gasteiger partial charge in [0.25, 0.3) is 0 Å². The SMILES string of the molecule is Cc1cccc(-n2nnnc2SC(C)C(=O)Nc2ccc(OC(F)F)cc2)c1C. The third-order valence-corrected chi connectivity index (χ3v) is 5.28. The van der Waals surface area contributed by atoms with Gasteiger partial charge in [-0.1, -0.05) is 23.9 Å². The summed E-state index contributed by atoms with van der Waals surface area (Å²) in [6.07, 6.45) is 0. The van der Waals surface area contributed by atoms with E-state index >= 15 is 0 Å². The summed E-state index contributed by atoms with van der Waals surface area (Å²) in [4.78, 5) is 12.5. The number of carbonyl (C=O) groups is 1. The van der Waals surface area contributed by atoms with Crippen LogP contribution in [-0.2, 0) is 4.79 Å². The topological polar surface area (TPSA) is 81.9 Å². The van der Waals surface area contributed by atoms with Gasteiger partial charge in [0.1, 0.15) is 5.75 Å². The minimum atomic E-state index is -2.89. The second kappa shape index (κ2) is 8.99. The van der Waals surface area contributed by atoms with Crippen LogP contribution >= 0.6 is 11.8 Å². The average Bonchev–Trinajstić information content (AvgIpc) is 3.13. The molecule has 2 aromatic carbocycles. The predicted molar refractivity (Wildman–Crippen MR) is 106 cm³/mol. The molecule has 152 valence electrons. The number of hydrogen-bond donors (Lipinski definition) is 1. The first-order valence-electron chi connectivity index (χ1n) is 8.72. The summed E-state index contributed by atoms with van der Waals surface area (Å²) in [5.74, 6) is -0.249. The number of alkyl halides is 2. The van der Waals surface area contributed by atoms with Crippen molar-refractivity contribution in [3.8, 4) is 11.4 Å². The number of benzene rings is 2. The van der Waals surface area contributed by atoms with Gasteiger partial charge in [-0.05, 0) is 72.7 Å².